The van der Waals surface area contributed by atoms with Crippen LogP contribution in [0, 0.1) is 0 Å². The lowest BCUT2D eigenvalue weighted by Crippen LogP contribution is -2.35. The molecule has 0 spiro atoms. The van der Waals surface area contributed by atoms with Crippen LogP contribution < -0.4 is 5.32 Å². The maximum atomic E-state index is 11.9. The van der Waals surface area contributed by atoms with Gasteiger partial charge >= 0.3 is 0 Å². The molecule has 0 aliphatic rings. The summed E-state index contributed by atoms with van der Waals surface area (Å²) < 4.78 is 0. The lowest BCUT2D eigenvalue weighted by molar-refractivity contribution is -0.126. The molecule has 0 bridgehead atoms. The van der Waals surface area contributed by atoms with Gasteiger partial charge in [0, 0.05) is 6.04 Å². The van der Waals surface area contributed by atoms with Crippen molar-refractivity contribution in [3.05, 3.63) is 71.3 Å². The van der Waals surface area contributed by atoms with Gasteiger partial charge in [0.05, 0.1) is 6.21 Å². The van der Waals surface area contributed by atoms with Crippen LogP contribution in [0.3, 0.4) is 0 Å². The van der Waals surface area contributed by atoms with Crippen LogP contribution in [0.15, 0.2) is 59.8 Å². The van der Waals surface area contributed by atoms with Gasteiger partial charge in [-0.05, 0) is 41.9 Å². The molecule has 2 aromatic carbocycles. The Morgan fingerprint density at radius 1 is 1.11 bits per heavy atom. The molecule has 0 aliphatic heterocycles. The van der Waals surface area contributed by atoms with Crippen molar-refractivity contribution in [1.29, 1.82) is 0 Å². The van der Waals surface area contributed by atoms with Crippen molar-refractivity contribution < 1.29 is 9.63 Å². The number of aryl methyl sites for hydroxylation is 1. The zero-order valence-corrected chi connectivity index (χ0v) is 16.7. The fourth-order valence-corrected chi connectivity index (χ4v) is 2.68. The van der Waals surface area contributed by atoms with Crippen LogP contribution in [-0.2, 0) is 21.5 Å². The number of nitrogens with zero attached hydrogens (tertiary/aromatic N) is 1. The standard InChI is InChI=1S/C23H30N2O2/c1-18(10-11-19-8-6-5-7-9-19)25-22(26)17-27-24-16-20-12-14-21(15-13-20)23(2,3)4/h5-9,12-16,18H,10-11,17H2,1-4H3,(H,25,26)/b24-16+. The molecule has 1 N–H and O–H groups in total. The monoisotopic (exact) mass is 366 g/mol. The minimum absolute atomic E-state index is 0.0771. The molecule has 0 aliphatic carbocycles. The van der Waals surface area contributed by atoms with Gasteiger partial charge in [-0.2, -0.15) is 0 Å². The Kier molecular flexibility index (Phi) is 7.59. The lowest BCUT2D eigenvalue weighted by atomic mass is 9.87. The van der Waals surface area contributed by atoms with Gasteiger partial charge in [-0.1, -0.05) is 80.5 Å². The van der Waals surface area contributed by atoms with Gasteiger partial charge < -0.3 is 10.2 Å². The van der Waals surface area contributed by atoms with E-state index in [1.807, 2.05) is 37.3 Å². The van der Waals surface area contributed by atoms with E-state index in [1.165, 1.54) is 11.1 Å². The van der Waals surface area contributed by atoms with Crippen LogP contribution in [0.1, 0.15) is 50.8 Å². The van der Waals surface area contributed by atoms with Crippen molar-refractivity contribution in [3.8, 4) is 0 Å². The first-order valence-corrected chi connectivity index (χ1v) is 9.44. The second-order valence-electron chi connectivity index (χ2n) is 7.87. The highest BCUT2D eigenvalue weighted by Crippen LogP contribution is 2.21. The van der Waals surface area contributed by atoms with E-state index < -0.39 is 0 Å². The highest BCUT2D eigenvalue weighted by Gasteiger charge is 2.12. The molecule has 0 radical (unpaired) electrons. The summed E-state index contributed by atoms with van der Waals surface area (Å²) in [6.45, 7) is 8.46. The number of carbonyl (C=O) groups excluding carboxylic acids is 1. The first-order chi connectivity index (χ1) is 12.8. The molecule has 1 atom stereocenters. The Balaban J connectivity index is 1.68. The van der Waals surface area contributed by atoms with E-state index in [-0.39, 0.29) is 24.0 Å². The van der Waals surface area contributed by atoms with Gasteiger partial charge in [0.15, 0.2) is 6.61 Å². The van der Waals surface area contributed by atoms with Crippen LogP contribution in [0.5, 0.6) is 0 Å². The smallest absolute Gasteiger partial charge is 0.260 e. The Bertz CT molecular complexity index is 731. The van der Waals surface area contributed by atoms with Gasteiger partial charge in [-0.3, -0.25) is 4.79 Å². The van der Waals surface area contributed by atoms with Gasteiger partial charge in [-0.15, -0.1) is 0 Å². The van der Waals surface area contributed by atoms with E-state index >= 15 is 0 Å². The summed E-state index contributed by atoms with van der Waals surface area (Å²) in [4.78, 5) is 17.0. The normalized spacial score (nSPS) is 12.7. The molecule has 1 amide bonds. The van der Waals surface area contributed by atoms with Crippen LogP contribution in [0.25, 0.3) is 0 Å². The molecular weight excluding hydrogens is 336 g/mol. The number of carbonyl (C=O) groups is 1. The van der Waals surface area contributed by atoms with E-state index in [1.54, 1.807) is 6.21 Å². The highest BCUT2D eigenvalue weighted by molar-refractivity contribution is 5.80. The van der Waals surface area contributed by atoms with Crippen molar-refractivity contribution in [2.24, 2.45) is 5.16 Å². The Hall–Kier alpha value is -2.62. The fraction of sp³-hybridized carbons (Fsp3) is 0.391. The highest BCUT2D eigenvalue weighted by atomic mass is 16.6. The largest absolute Gasteiger partial charge is 0.386 e. The number of hydrogen-bond acceptors (Lipinski definition) is 3. The van der Waals surface area contributed by atoms with Gasteiger partial charge in [0.25, 0.3) is 5.91 Å². The summed E-state index contributed by atoms with van der Waals surface area (Å²) in [5.74, 6) is -0.157. The van der Waals surface area contributed by atoms with E-state index in [2.05, 4.69) is 55.5 Å². The van der Waals surface area contributed by atoms with Crippen LogP contribution in [0.4, 0.5) is 0 Å². The first-order valence-electron chi connectivity index (χ1n) is 9.44. The van der Waals surface area contributed by atoms with Crippen molar-refractivity contribution in [3.63, 3.8) is 0 Å². The zero-order valence-electron chi connectivity index (χ0n) is 16.7. The van der Waals surface area contributed by atoms with Crippen LogP contribution in [-0.4, -0.2) is 24.8 Å². The third-order valence-electron chi connectivity index (χ3n) is 4.36. The summed E-state index contributed by atoms with van der Waals surface area (Å²) in [5.41, 5.74) is 3.61. The summed E-state index contributed by atoms with van der Waals surface area (Å²) >= 11 is 0. The van der Waals surface area contributed by atoms with Crippen LogP contribution in [0.2, 0.25) is 0 Å². The quantitative estimate of drug-likeness (QED) is 0.553. The molecular formula is C23H30N2O2. The SMILES string of the molecule is CC(CCc1ccccc1)NC(=O)CO/N=C/c1ccc(C(C)(C)C)cc1. The topological polar surface area (TPSA) is 50.7 Å². The number of oxime groups is 1. The molecule has 0 heterocycles. The molecule has 2 rings (SSSR count). The summed E-state index contributed by atoms with van der Waals surface area (Å²) in [6, 6.07) is 18.5. The first kappa shape index (κ1) is 20.7. The summed E-state index contributed by atoms with van der Waals surface area (Å²) in [7, 11) is 0. The van der Waals surface area contributed by atoms with E-state index in [0.717, 1.165) is 18.4 Å². The Morgan fingerprint density at radius 2 is 1.78 bits per heavy atom. The summed E-state index contributed by atoms with van der Waals surface area (Å²) in [6.07, 6.45) is 3.45. The predicted molar refractivity (Wildman–Crippen MR) is 111 cm³/mol. The molecule has 4 nitrogen and oxygen atoms in total. The predicted octanol–water partition coefficient (Wildman–Crippen LogP) is 4.47. The molecule has 0 fully saturated rings. The lowest BCUT2D eigenvalue weighted by Gasteiger charge is -2.18. The van der Waals surface area contributed by atoms with Crippen molar-refractivity contribution >= 4 is 12.1 Å². The average molecular weight is 367 g/mol. The molecule has 0 saturated carbocycles. The van der Waals surface area contributed by atoms with E-state index in [9.17, 15) is 4.79 Å². The minimum atomic E-state index is -0.157. The van der Waals surface area contributed by atoms with Crippen LogP contribution >= 0.6 is 0 Å². The van der Waals surface area contributed by atoms with Gasteiger partial charge in [0.2, 0.25) is 0 Å². The molecule has 0 saturated heterocycles. The number of amides is 1. The number of benzene rings is 2. The molecule has 0 aromatic heterocycles. The van der Waals surface area contributed by atoms with E-state index in [0.29, 0.717) is 0 Å². The second-order valence-corrected chi connectivity index (χ2v) is 7.87. The maximum absolute atomic E-state index is 11.9. The third-order valence-corrected chi connectivity index (χ3v) is 4.36. The Morgan fingerprint density at radius 3 is 2.41 bits per heavy atom. The van der Waals surface area contributed by atoms with E-state index in [4.69, 9.17) is 4.84 Å². The number of nitrogens with one attached hydrogen (secondary N) is 1. The van der Waals surface area contributed by atoms with Crippen molar-refractivity contribution in [1.82, 2.24) is 5.32 Å². The zero-order chi connectivity index (χ0) is 19.7. The molecule has 1 unspecified atom stereocenters. The Labute approximate surface area is 162 Å². The van der Waals surface area contributed by atoms with Crippen molar-refractivity contribution in [2.75, 3.05) is 6.61 Å². The maximum Gasteiger partial charge on any atom is 0.260 e. The molecule has 27 heavy (non-hydrogen) atoms. The average Bonchev–Trinajstić information content (AvgIpc) is 2.64. The molecule has 144 valence electrons. The van der Waals surface area contributed by atoms with Gasteiger partial charge in [0.1, 0.15) is 0 Å². The van der Waals surface area contributed by atoms with Crippen molar-refractivity contribution in [2.45, 2.75) is 52.0 Å². The minimum Gasteiger partial charge on any atom is -0.386 e. The molecule has 4 heteroatoms. The second kappa shape index (κ2) is 9.91. The van der Waals surface area contributed by atoms with Gasteiger partial charge in [-0.25, -0.2) is 0 Å². The number of hydrogen-bond donors (Lipinski definition) is 1. The summed E-state index contributed by atoms with van der Waals surface area (Å²) in [5, 5.41) is 6.82. The fourth-order valence-electron chi connectivity index (χ4n) is 2.68. The number of rotatable bonds is 8. The molecule has 2 aromatic rings. The third kappa shape index (κ3) is 7.65.